The first kappa shape index (κ1) is 17.9. The molecular formula is C23H21NO5. The number of hydrogen-bond donors (Lipinski definition) is 0. The number of hydrogen-bond acceptors (Lipinski definition) is 5. The van der Waals surface area contributed by atoms with E-state index < -0.39 is 5.97 Å². The van der Waals surface area contributed by atoms with Crippen molar-refractivity contribution in [1.82, 2.24) is 0 Å². The SMILES string of the molecule is COc1ccccc1OC(=O)c1ccc(N2C(=O)[C@@H]3[C@H]4CC[C@@H](C4)[C@@H]3C2=O)cc1. The predicted molar refractivity (Wildman–Crippen MR) is 105 cm³/mol. The summed E-state index contributed by atoms with van der Waals surface area (Å²) >= 11 is 0. The first-order chi connectivity index (χ1) is 14.1. The van der Waals surface area contributed by atoms with Crippen molar-refractivity contribution >= 4 is 23.5 Å². The monoisotopic (exact) mass is 391 g/mol. The highest BCUT2D eigenvalue weighted by atomic mass is 16.6. The Labute approximate surface area is 168 Å². The third-order valence-electron chi connectivity index (χ3n) is 6.56. The lowest BCUT2D eigenvalue weighted by atomic mass is 9.81. The van der Waals surface area contributed by atoms with Gasteiger partial charge in [-0.15, -0.1) is 0 Å². The van der Waals surface area contributed by atoms with Crippen molar-refractivity contribution in [3.63, 3.8) is 0 Å². The summed E-state index contributed by atoms with van der Waals surface area (Å²) in [6, 6.07) is 13.3. The molecule has 5 rings (SSSR count). The summed E-state index contributed by atoms with van der Waals surface area (Å²) in [5.74, 6) is 0.475. The average molecular weight is 391 g/mol. The van der Waals surface area contributed by atoms with E-state index in [-0.39, 0.29) is 23.7 Å². The minimum atomic E-state index is -0.532. The Bertz CT molecular complexity index is 971. The molecule has 0 spiro atoms. The standard InChI is InChI=1S/C23H21NO5/c1-28-17-4-2-3-5-18(17)29-23(27)13-8-10-16(11-9-13)24-21(25)19-14-6-7-15(12-14)20(19)22(24)26/h2-5,8-11,14-15,19-20H,6-7,12H2,1H3/t14-,15-,19-,20+/m0/s1. The Morgan fingerprint density at radius 2 is 1.48 bits per heavy atom. The van der Waals surface area contributed by atoms with Crippen molar-refractivity contribution in [2.75, 3.05) is 12.0 Å². The van der Waals surface area contributed by atoms with E-state index >= 15 is 0 Å². The van der Waals surface area contributed by atoms with Gasteiger partial charge in [0.1, 0.15) is 0 Å². The van der Waals surface area contributed by atoms with Gasteiger partial charge in [0.2, 0.25) is 11.8 Å². The molecule has 4 atom stereocenters. The Kier molecular flexibility index (Phi) is 4.15. The number of amides is 2. The number of carbonyl (C=O) groups excluding carboxylic acids is 3. The summed E-state index contributed by atoms with van der Waals surface area (Å²) in [4.78, 5) is 39.6. The summed E-state index contributed by atoms with van der Waals surface area (Å²) in [6.07, 6.45) is 3.10. The van der Waals surface area contributed by atoms with Gasteiger partial charge in [-0.05, 0) is 67.5 Å². The van der Waals surface area contributed by atoms with E-state index in [0.717, 1.165) is 19.3 Å². The molecule has 2 bridgehead atoms. The molecule has 1 aliphatic heterocycles. The number of rotatable bonds is 4. The van der Waals surface area contributed by atoms with Crippen LogP contribution in [0.3, 0.4) is 0 Å². The van der Waals surface area contributed by atoms with Crippen LogP contribution in [-0.4, -0.2) is 24.9 Å². The third kappa shape index (κ3) is 2.74. The molecule has 148 valence electrons. The van der Waals surface area contributed by atoms with Crippen molar-refractivity contribution < 1.29 is 23.9 Å². The summed E-state index contributed by atoms with van der Waals surface area (Å²) in [5, 5.41) is 0. The van der Waals surface area contributed by atoms with Gasteiger partial charge in [-0.25, -0.2) is 4.79 Å². The number of anilines is 1. The van der Waals surface area contributed by atoms with Gasteiger partial charge in [0.05, 0.1) is 30.2 Å². The molecule has 29 heavy (non-hydrogen) atoms. The second kappa shape index (κ2) is 6.72. The quantitative estimate of drug-likeness (QED) is 0.453. The highest BCUT2D eigenvalue weighted by molar-refractivity contribution is 6.22. The molecular weight excluding hydrogens is 370 g/mol. The summed E-state index contributed by atoms with van der Waals surface area (Å²) in [5.41, 5.74) is 0.849. The van der Waals surface area contributed by atoms with Crippen LogP contribution in [0.25, 0.3) is 0 Å². The van der Waals surface area contributed by atoms with Gasteiger partial charge in [0, 0.05) is 0 Å². The van der Waals surface area contributed by atoms with Crippen LogP contribution in [0, 0.1) is 23.7 Å². The fraction of sp³-hybridized carbons (Fsp3) is 0.348. The molecule has 0 unspecified atom stereocenters. The first-order valence-corrected chi connectivity index (χ1v) is 9.91. The van der Waals surface area contributed by atoms with Crippen LogP contribution in [0.5, 0.6) is 11.5 Å². The van der Waals surface area contributed by atoms with Crippen LogP contribution in [0.1, 0.15) is 29.6 Å². The highest BCUT2D eigenvalue weighted by Gasteiger charge is 2.61. The van der Waals surface area contributed by atoms with Crippen LogP contribution in [0.4, 0.5) is 5.69 Å². The molecule has 6 heteroatoms. The van der Waals surface area contributed by atoms with Crippen LogP contribution in [0.15, 0.2) is 48.5 Å². The zero-order chi connectivity index (χ0) is 20.1. The number of para-hydroxylation sites is 2. The Balaban J connectivity index is 1.35. The third-order valence-corrected chi connectivity index (χ3v) is 6.56. The zero-order valence-electron chi connectivity index (χ0n) is 16.0. The van der Waals surface area contributed by atoms with Crippen molar-refractivity contribution in [2.24, 2.45) is 23.7 Å². The van der Waals surface area contributed by atoms with E-state index in [0.29, 0.717) is 34.6 Å². The summed E-state index contributed by atoms with van der Waals surface area (Å²) < 4.78 is 10.6. The second-order valence-corrected chi connectivity index (χ2v) is 7.98. The van der Waals surface area contributed by atoms with Crippen molar-refractivity contribution in [2.45, 2.75) is 19.3 Å². The minimum absolute atomic E-state index is 0.0865. The van der Waals surface area contributed by atoms with Crippen LogP contribution in [0.2, 0.25) is 0 Å². The van der Waals surface area contributed by atoms with Gasteiger partial charge in [0.25, 0.3) is 0 Å². The Morgan fingerprint density at radius 3 is 2.07 bits per heavy atom. The van der Waals surface area contributed by atoms with Gasteiger partial charge in [-0.2, -0.15) is 0 Å². The van der Waals surface area contributed by atoms with Gasteiger partial charge in [0.15, 0.2) is 11.5 Å². The molecule has 2 aliphatic carbocycles. The number of fused-ring (bicyclic) bond motifs is 5. The highest BCUT2D eigenvalue weighted by Crippen LogP contribution is 2.56. The first-order valence-electron chi connectivity index (χ1n) is 9.91. The van der Waals surface area contributed by atoms with E-state index in [2.05, 4.69) is 0 Å². The molecule has 0 N–H and O–H groups in total. The van der Waals surface area contributed by atoms with E-state index in [9.17, 15) is 14.4 Å². The molecule has 1 saturated heterocycles. The van der Waals surface area contributed by atoms with Gasteiger partial charge in [-0.3, -0.25) is 14.5 Å². The van der Waals surface area contributed by atoms with Crippen LogP contribution in [-0.2, 0) is 9.59 Å². The second-order valence-electron chi connectivity index (χ2n) is 7.98. The van der Waals surface area contributed by atoms with Crippen LogP contribution >= 0.6 is 0 Å². The normalized spacial score (nSPS) is 27.3. The van der Waals surface area contributed by atoms with Crippen molar-refractivity contribution in [3.05, 3.63) is 54.1 Å². The fourth-order valence-corrected chi connectivity index (χ4v) is 5.27. The number of nitrogens with zero attached hydrogens (tertiary/aromatic N) is 1. The maximum atomic E-state index is 12.9. The largest absolute Gasteiger partial charge is 0.493 e. The van der Waals surface area contributed by atoms with E-state index in [1.807, 2.05) is 0 Å². The molecule has 3 fully saturated rings. The summed E-state index contributed by atoms with van der Waals surface area (Å²) in [7, 11) is 1.51. The maximum Gasteiger partial charge on any atom is 0.343 e. The fourth-order valence-electron chi connectivity index (χ4n) is 5.27. The van der Waals surface area contributed by atoms with Gasteiger partial charge < -0.3 is 9.47 Å². The molecule has 3 aliphatic rings. The lowest BCUT2D eigenvalue weighted by Gasteiger charge is -2.19. The Hall–Kier alpha value is -3.15. The number of benzene rings is 2. The van der Waals surface area contributed by atoms with Gasteiger partial charge >= 0.3 is 5.97 Å². The molecule has 2 aromatic carbocycles. The molecule has 1 heterocycles. The zero-order valence-corrected chi connectivity index (χ0v) is 16.0. The number of carbonyl (C=O) groups is 3. The minimum Gasteiger partial charge on any atom is -0.493 e. The molecule has 0 aromatic heterocycles. The molecule has 6 nitrogen and oxygen atoms in total. The molecule has 2 saturated carbocycles. The molecule has 2 amide bonds. The number of imide groups is 1. The van der Waals surface area contributed by atoms with Crippen molar-refractivity contribution in [3.8, 4) is 11.5 Å². The summed E-state index contributed by atoms with van der Waals surface area (Å²) in [6.45, 7) is 0. The van der Waals surface area contributed by atoms with E-state index in [1.54, 1.807) is 48.5 Å². The van der Waals surface area contributed by atoms with E-state index in [1.165, 1.54) is 12.0 Å². The van der Waals surface area contributed by atoms with Gasteiger partial charge in [-0.1, -0.05) is 12.1 Å². The lowest BCUT2D eigenvalue weighted by molar-refractivity contribution is -0.123. The maximum absolute atomic E-state index is 12.9. The number of ether oxygens (including phenoxy) is 2. The topological polar surface area (TPSA) is 72.9 Å². The number of methoxy groups -OCH3 is 1. The smallest absolute Gasteiger partial charge is 0.343 e. The predicted octanol–water partition coefficient (Wildman–Crippen LogP) is 3.45. The van der Waals surface area contributed by atoms with Crippen molar-refractivity contribution in [1.29, 1.82) is 0 Å². The molecule has 2 aromatic rings. The molecule has 0 radical (unpaired) electrons. The average Bonchev–Trinajstić information content (AvgIpc) is 3.42. The van der Waals surface area contributed by atoms with E-state index in [4.69, 9.17) is 9.47 Å². The lowest BCUT2D eigenvalue weighted by Crippen LogP contribution is -2.32. The Morgan fingerprint density at radius 1 is 0.897 bits per heavy atom. The van der Waals surface area contributed by atoms with Crippen LogP contribution < -0.4 is 14.4 Å². The number of esters is 1.